The molecule has 1 heterocycles. The van der Waals surface area contributed by atoms with Gasteiger partial charge in [-0.15, -0.1) is 10.2 Å². The number of aryl methyl sites for hydroxylation is 1. The monoisotopic (exact) mass is 440 g/mol. The van der Waals surface area contributed by atoms with Crippen LogP contribution in [0.5, 0.6) is 0 Å². The zero-order chi connectivity index (χ0) is 20.3. The zero-order valence-electron chi connectivity index (χ0n) is 15.8. The fourth-order valence-corrected chi connectivity index (χ4v) is 4.94. The molecule has 3 rings (SSSR count). The molecule has 0 aliphatic rings. The molecule has 5 nitrogen and oxygen atoms in total. The van der Waals surface area contributed by atoms with E-state index in [9.17, 15) is 4.79 Å². The Balaban J connectivity index is 1.36. The summed E-state index contributed by atoms with van der Waals surface area (Å²) in [4.78, 5) is 11.9. The lowest BCUT2D eigenvalue weighted by Gasteiger charge is -1.99. The minimum absolute atomic E-state index is 0.177. The van der Waals surface area contributed by atoms with Crippen LogP contribution in [0.15, 0.2) is 74.5 Å². The summed E-state index contributed by atoms with van der Waals surface area (Å²) in [7, 11) is 0. The molecule has 1 aromatic heterocycles. The summed E-state index contributed by atoms with van der Waals surface area (Å²) in [6.07, 6.45) is 5.26. The predicted molar refractivity (Wildman–Crippen MR) is 123 cm³/mol. The summed E-state index contributed by atoms with van der Waals surface area (Å²) in [5.74, 6) is 0.922. The number of benzene rings is 2. The first-order valence-corrected chi connectivity index (χ1v) is 11.7. The fourth-order valence-electron chi connectivity index (χ4n) is 2.17. The second-order valence-corrected chi connectivity index (χ2v) is 9.40. The Hall–Kier alpha value is -2.42. The molecule has 2 aromatic carbocycles. The highest BCUT2D eigenvalue weighted by molar-refractivity contribution is 8.03. The summed E-state index contributed by atoms with van der Waals surface area (Å²) in [5, 5.41) is 12.2. The van der Waals surface area contributed by atoms with Crippen LogP contribution in [0, 0.1) is 6.92 Å². The molecular weight excluding hydrogens is 420 g/mol. The Morgan fingerprint density at radius 2 is 1.79 bits per heavy atom. The molecule has 0 fully saturated rings. The van der Waals surface area contributed by atoms with Gasteiger partial charge < -0.3 is 0 Å². The van der Waals surface area contributed by atoms with Gasteiger partial charge in [0, 0.05) is 12.0 Å². The van der Waals surface area contributed by atoms with Crippen molar-refractivity contribution >= 4 is 53.1 Å². The third-order valence-electron chi connectivity index (χ3n) is 3.64. The predicted octanol–water partition coefficient (Wildman–Crippen LogP) is 5.05. The molecule has 1 N–H and O–H groups in total. The van der Waals surface area contributed by atoms with E-state index < -0.39 is 0 Å². The minimum atomic E-state index is -0.177. The molecule has 0 unspecified atom stereocenters. The van der Waals surface area contributed by atoms with Gasteiger partial charge in [-0.2, -0.15) is 5.10 Å². The lowest BCUT2D eigenvalue weighted by atomic mass is 10.2. The van der Waals surface area contributed by atoms with Crippen LogP contribution in [0.2, 0.25) is 0 Å². The number of amides is 1. The van der Waals surface area contributed by atoms with E-state index in [1.54, 1.807) is 24.1 Å². The Morgan fingerprint density at radius 1 is 1.07 bits per heavy atom. The van der Waals surface area contributed by atoms with Crippen LogP contribution < -0.4 is 5.43 Å². The lowest BCUT2D eigenvalue weighted by molar-refractivity contribution is -0.118. The Labute approximate surface area is 182 Å². The van der Waals surface area contributed by atoms with Crippen molar-refractivity contribution in [3.8, 4) is 0 Å². The van der Waals surface area contributed by atoms with Crippen molar-refractivity contribution in [3.05, 3.63) is 77.4 Å². The Morgan fingerprint density at radius 3 is 2.55 bits per heavy atom. The first-order chi connectivity index (χ1) is 14.2. The fraction of sp³-hybridized carbons (Fsp3) is 0.143. The van der Waals surface area contributed by atoms with Crippen molar-refractivity contribution in [3.63, 3.8) is 0 Å². The van der Waals surface area contributed by atoms with Gasteiger partial charge in [-0.3, -0.25) is 4.79 Å². The van der Waals surface area contributed by atoms with Crippen LogP contribution in [0.1, 0.15) is 16.7 Å². The quantitative estimate of drug-likeness (QED) is 0.287. The number of allylic oxidation sites excluding steroid dienone is 1. The minimum Gasteiger partial charge on any atom is -0.272 e. The average molecular weight is 441 g/mol. The maximum atomic E-state index is 11.9. The highest BCUT2D eigenvalue weighted by Gasteiger charge is 2.08. The molecule has 0 saturated heterocycles. The zero-order valence-corrected chi connectivity index (χ0v) is 18.3. The molecule has 0 aliphatic carbocycles. The van der Waals surface area contributed by atoms with E-state index in [4.69, 9.17) is 0 Å². The molecular formula is C21H20N4OS3. The van der Waals surface area contributed by atoms with Crippen molar-refractivity contribution in [1.29, 1.82) is 0 Å². The van der Waals surface area contributed by atoms with Crippen molar-refractivity contribution in [2.75, 3.05) is 5.75 Å². The number of carbonyl (C=O) groups excluding carboxylic acids is 1. The summed E-state index contributed by atoms with van der Waals surface area (Å²) in [6, 6.07) is 18.4. The van der Waals surface area contributed by atoms with Gasteiger partial charge in [0.25, 0.3) is 5.91 Å². The van der Waals surface area contributed by atoms with Crippen LogP contribution in [0.3, 0.4) is 0 Å². The van der Waals surface area contributed by atoms with E-state index in [0.29, 0.717) is 0 Å². The highest BCUT2D eigenvalue weighted by atomic mass is 32.2. The van der Waals surface area contributed by atoms with E-state index in [2.05, 4.69) is 51.9 Å². The molecule has 0 saturated carbocycles. The number of nitrogens with one attached hydrogen (secondary N) is 1. The number of aromatic nitrogens is 2. The first kappa shape index (κ1) is 21.3. The largest absolute Gasteiger partial charge is 0.272 e. The van der Waals surface area contributed by atoms with Crippen molar-refractivity contribution in [2.24, 2.45) is 5.10 Å². The standard InChI is InChI=1S/C21H20N4OS3/c1-16-9-11-18(12-10-16)14-27-20-24-25-21(29-20)28-15-19(26)23-22-13-5-8-17-6-3-2-4-7-17/h2-13H,14-15H2,1H3,(H,23,26)/b8-5+,22-13-. The molecule has 0 aliphatic heterocycles. The number of nitrogens with zero attached hydrogens (tertiary/aromatic N) is 3. The van der Waals surface area contributed by atoms with Crippen molar-refractivity contribution < 1.29 is 4.79 Å². The molecule has 1 amide bonds. The summed E-state index contributed by atoms with van der Waals surface area (Å²) in [6.45, 7) is 2.08. The molecule has 29 heavy (non-hydrogen) atoms. The second kappa shape index (κ2) is 11.5. The van der Waals surface area contributed by atoms with Gasteiger partial charge in [0.05, 0.1) is 5.75 Å². The normalized spacial score (nSPS) is 11.3. The molecule has 3 aromatic rings. The highest BCUT2D eigenvalue weighted by Crippen LogP contribution is 2.30. The molecule has 0 spiro atoms. The van der Waals surface area contributed by atoms with Gasteiger partial charge in [0.1, 0.15) is 0 Å². The number of rotatable bonds is 9. The second-order valence-electron chi connectivity index (χ2n) is 5.98. The van der Waals surface area contributed by atoms with Crippen LogP contribution in [0.25, 0.3) is 6.08 Å². The maximum absolute atomic E-state index is 11.9. The van der Waals surface area contributed by atoms with Gasteiger partial charge >= 0.3 is 0 Å². The van der Waals surface area contributed by atoms with Crippen molar-refractivity contribution in [2.45, 2.75) is 21.4 Å². The number of thioether (sulfide) groups is 2. The van der Waals surface area contributed by atoms with Gasteiger partial charge in [0.15, 0.2) is 8.68 Å². The van der Waals surface area contributed by atoms with Gasteiger partial charge in [-0.25, -0.2) is 5.43 Å². The molecule has 0 bridgehead atoms. The number of carbonyl (C=O) groups is 1. The van der Waals surface area contributed by atoms with Gasteiger partial charge in [0.2, 0.25) is 0 Å². The average Bonchev–Trinajstić information content (AvgIpc) is 3.20. The van der Waals surface area contributed by atoms with Crippen LogP contribution in [0.4, 0.5) is 0 Å². The van der Waals surface area contributed by atoms with E-state index in [-0.39, 0.29) is 11.7 Å². The Kier molecular flexibility index (Phi) is 8.48. The van der Waals surface area contributed by atoms with E-state index >= 15 is 0 Å². The summed E-state index contributed by atoms with van der Waals surface area (Å²) in [5.41, 5.74) is 6.09. The molecule has 8 heteroatoms. The number of hydrazone groups is 1. The number of hydrogen-bond acceptors (Lipinski definition) is 7. The van der Waals surface area contributed by atoms with E-state index in [1.165, 1.54) is 34.2 Å². The number of hydrogen-bond donors (Lipinski definition) is 1. The SMILES string of the molecule is Cc1ccc(CSc2nnc(SCC(=O)N/N=C\C=C\c3ccccc3)s2)cc1. The third kappa shape index (κ3) is 7.84. The topological polar surface area (TPSA) is 67.2 Å². The molecule has 148 valence electrons. The first-order valence-electron chi connectivity index (χ1n) is 8.87. The van der Waals surface area contributed by atoms with Crippen molar-refractivity contribution in [1.82, 2.24) is 15.6 Å². The Bertz CT molecular complexity index is 969. The molecule has 0 radical (unpaired) electrons. The maximum Gasteiger partial charge on any atom is 0.250 e. The van der Waals surface area contributed by atoms with E-state index in [1.807, 2.05) is 36.4 Å². The smallest absolute Gasteiger partial charge is 0.250 e. The van der Waals surface area contributed by atoms with Gasteiger partial charge in [-0.05, 0) is 24.1 Å². The van der Waals surface area contributed by atoms with E-state index in [0.717, 1.165) is 20.0 Å². The van der Waals surface area contributed by atoms with Crippen LogP contribution in [-0.4, -0.2) is 28.1 Å². The van der Waals surface area contributed by atoms with Crippen LogP contribution in [-0.2, 0) is 10.5 Å². The van der Waals surface area contributed by atoms with Gasteiger partial charge in [-0.1, -0.05) is 101 Å². The van der Waals surface area contributed by atoms with Crippen LogP contribution >= 0.6 is 34.9 Å². The molecule has 0 atom stereocenters. The summed E-state index contributed by atoms with van der Waals surface area (Å²) < 4.78 is 1.68. The summed E-state index contributed by atoms with van der Waals surface area (Å²) >= 11 is 4.51. The third-order valence-corrected chi connectivity index (χ3v) is 6.90. The lowest BCUT2D eigenvalue weighted by Crippen LogP contribution is -2.19.